The van der Waals surface area contributed by atoms with E-state index in [4.69, 9.17) is 10.1 Å². The number of aromatic carboxylic acids is 1. The van der Waals surface area contributed by atoms with E-state index in [0.29, 0.717) is 35.0 Å². The largest absolute Gasteiger partial charge is 0.478 e. The lowest BCUT2D eigenvalue weighted by molar-refractivity contribution is -0.115. The number of sulfone groups is 1. The SMILES string of the molecule is CC(C)[C@H]1c2nc(NC(=O)Cc3ccc(S(=O)(=O)CCC4CCCC4)cc3)sc2CN1Cc1ccc(C(=O)O)cc1. The highest BCUT2D eigenvalue weighted by Gasteiger charge is 2.36. The number of nitrogens with zero attached hydrogens (tertiary/aromatic N) is 2. The summed E-state index contributed by atoms with van der Waals surface area (Å²) in [4.78, 5) is 32.5. The lowest BCUT2D eigenvalue weighted by Gasteiger charge is -2.27. The maximum Gasteiger partial charge on any atom is 0.335 e. The van der Waals surface area contributed by atoms with Crippen molar-refractivity contribution < 1.29 is 23.1 Å². The molecule has 0 radical (unpaired) electrons. The third-order valence-corrected chi connectivity index (χ3v) is 10.9. The van der Waals surface area contributed by atoms with Gasteiger partial charge in [-0.3, -0.25) is 9.69 Å². The van der Waals surface area contributed by atoms with Crippen molar-refractivity contribution in [2.45, 2.75) is 76.4 Å². The minimum atomic E-state index is -3.32. The predicted molar refractivity (Wildman–Crippen MR) is 160 cm³/mol. The topological polar surface area (TPSA) is 117 Å². The van der Waals surface area contributed by atoms with Crippen LogP contribution in [-0.2, 0) is 34.1 Å². The molecule has 1 aromatic heterocycles. The highest BCUT2D eigenvalue weighted by Crippen LogP contribution is 2.43. The molecule has 41 heavy (non-hydrogen) atoms. The molecule has 5 rings (SSSR count). The molecule has 2 N–H and O–H groups in total. The van der Waals surface area contributed by atoms with Crippen molar-refractivity contribution in [1.82, 2.24) is 9.88 Å². The van der Waals surface area contributed by atoms with Crippen LogP contribution in [0.25, 0.3) is 0 Å². The van der Waals surface area contributed by atoms with Crippen molar-refractivity contribution in [3.8, 4) is 0 Å². The molecule has 1 aliphatic carbocycles. The van der Waals surface area contributed by atoms with E-state index in [-0.39, 0.29) is 29.7 Å². The molecular formula is C31H37N3O5S2. The Bertz CT molecular complexity index is 1490. The normalized spacial score (nSPS) is 17.7. The first-order valence-corrected chi connectivity index (χ1v) is 16.7. The molecule has 1 fully saturated rings. The quantitative estimate of drug-likeness (QED) is 0.276. The van der Waals surface area contributed by atoms with Gasteiger partial charge in [-0.15, -0.1) is 11.3 Å². The molecule has 0 unspecified atom stereocenters. The zero-order valence-corrected chi connectivity index (χ0v) is 25.1. The molecule has 1 atom stereocenters. The fourth-order valence-electron chi connectivity index (χ4n) is 6.00. The van der Waals surface area contributed by atoms with Crippen LogP contribution < -0.4 is 5.32 Å². The van der Waals surface area contributed by atoms with E-state index < -0.39 is 15.8 Å². The van der Waals surface area contributed by atoms with Gasteiger partial charge in [-0.05, 0) is 53.6 Å². The number of carbonyl (C=O) groups is 2. The van der Waals surface area contributed by atoms with Gasteiger partial charge in [-0.25, -0.2) is 18.2 Å². The van der Waals surface area contributed by atoms with Gasteiger partial charge < -0.3 is 10.4 Å². The average molecular weight is 596 g/mol. The summed E-state index contributed by atoms with van der Waals surface area (Å²) in [7, 11) is -3.32. The van der Waals surface area contributed by atoms with Gasteiger partial charge in [0.25, 0.3) is 0 Å². The Morgan fingerprint density at radius 3 is 2.34 bits per heavy atom. The van der Waals surface area contributed by atoms with Crippen molar-refractivity contribution in [1.29, 1.82) is 0 Å². The smallest absolute Gasteiger partial charge is 0.335 e. The van der Waals surface area contributed by atoms with E-state index in [1.807, 2.05) is 12.1 Å². The van der Waals surface area contributed by atoms with Crippen LogP contribution in [0.15, 0.2) is 53.4 Å². The number of benzene rings is 2. The van der Waals surface area contributed by atoms with Crippen molar-refractivity contribution in [3.05, 3.63) is 75.8 Å². The number of aromatic nitrogens is 1. The first kappa shape index (κ1) is 29.4. The number of carboxylic acid groups (broad SMARTS) is 1. The molecule has 1 amide bonds. The van der Waals surface area contributed by atoms with E-state index in [9.17, 15) is 18.0 Å². The number of nitrogens with one attached hydrogen (secondary N) is 1. The molecule has 1 aliphatic heterocycles. The summed E-state index contributed by atoms with van der Waals surface area (Å²) >= 11 is 1.48. The molecular weight excluding hydrogens is 558 g/mol. The number of carbonyl (C=O) groups excluding carboxylic acids is 1. The van der Waals surface area contributed by atoms with Gasteiger partial charge in [0.2, 0.25) is 5.91 Å². The third kappa shape index (κ3) is 7.05. The molecule has 8 nitrogen and oxygen atoms in total. The molecule has 218 valence electrons. The molecule has 1 saturated carbocycles. The number of rotatable bonds is 11. The monoisotopic (exact) mass is 595 g/mol. The fraction of sp³-hybridized carbons (Fsp3) is 0.452. The van der Waals surface area contributed by atoms with Crippen LogP contribution in [-0.4, -0.2) is 41.0 Å². The van der Waals surface area contributed by atoms with Crippen molar-refractivity contribution in [2.24, 2.45) is 11.8 Å². The van der Waals surface area contributed by atoms with Gasteiger partial charge in [0, 0.05) is 18.0 Å². The third-order valence-electron chi connectivity index (χ3n) is 8.13. The van der Waals surface area contributed by atoms with Gasteiger partial charge in [0.05, 0.1) is 34.4 Å². The number of anilines is 1. The molecule has 2 heterocycles. The summed E-state index contributed by atoms with van der Waals surface area (Å²) in [6.07, 6.45) is 5.53. The van der Waals surface area contributed by atoms with Crippen LogP contribution in [0.2, 0.25) is 0 Å². The number of carboxylic acids is 1. The van der Waals surface area contributed by atoms with Crippen LogP contribution in [0, 0.1) is 11.8 Å². The van der Waals surface area contributed by atoms with Crippen LogP contribution >= 0.6 is 11.3 Å². The lowest BCUT2D eigenvalue weighted by atomic mass is 10.0. The van der Waals surface area contributed by atoms with Gasteiger partial charge in [0.1, 0.15) is 0 Å². The Hall–Kier alpha value is -3.08. The number of hydrogen-bond donors (Lipinski definition) is 2. The first-order valence-electron chi connectivity index (χ1n) is 14.3. The van der Waals surface area contributed by atoms with E-state index in [1.54, 1.807) is 36.4 Å². The molecule has 2 aliphatic rings. The van der Waals surface area contributed by atoms with Gasteiger partial charge >= 0.3 is 5.97 Å². The second kappa shape index (κ2) is 12.4. The zero-order chi connectivity index (χ0) is 29.1. The molecule has 2 aromatic carbocycles. The van der Waals surface area contributed by atoms with Gasteiger partial charge in [-0.1, -0.05) is 63.8 Å². The predicted octanol–water partition coefficient (Wildman–Crippen LogP) is 6.09. The van der Waals surface area contributed by atoms with Crippen LogP contribution in [0.3, 0.4) is 0 Å². The van der Waals surface area contributed by atoms with Crippen LogP contribution in [0.4, 0.5) is 5.13 Å². The summed E-state index contributed by atoms with van der Waals surface area (Å²) < 4.78 is 25.5. The summed E-state index contributed by atoms with van der Waals surface area (Å²) in [6, 6.07) is 13.7. The summed E-state index contributed by atoms with van der Waals surface area (Å²) in [5.41, 5.74) is 3.04. The van der Waals surface area contributed by atoms with Crippen molar-refractivity contribution in [2.75, 3.05) is 11.1 Å². The summed E-state index contributed by atoms with van der Waals surface area (Å²) in [5, 5.41) is 12.7. The fourth-order valence-corrected chi connectivity index (χ4v) is 8.47. The lowest BCUT2D eigenvalue weighted by Crippen LogP contribution is -2.26. The Morgan fingerprint density at radius 1 is 1.05 bits per heavy atom. The Labute approximate surface area is 245 Å². The van der Waals surface area contributed by atoms with E-state index in [0.717, 1.165) is 41.0 Å². The van der Waals surface area contributed by atoms with Crippen LogP contribution in [0.5, 0.6) is 0 Å². The first-order chi connectivity index (χ1) is 19.6. The summed E-state index contributed by atoms with van der Waals surface area (Å²) in [5.74, 6) is -0.123. The molecule has 0 bridgehead atoms. The minimum Gasteiger partial charge on any atom is -0.478 e. The number of amides is 1. The summed E-state index contributed by atoms with van der Waals surface area (Å²) in [6.45, 7) is 5.69. The van der Waals surface area contributed by atoms with Crippen LogP contribution in [0.1, 0.15) is 84.0 Å². The average Bonchev–Trinajstić information content (AvgIpc) is 3.65. The molecule has 0 spiro atoms. The maximum absolute atomic E-state index is 12.8. The number of fused-ring (bicyclic) bond motifs is 1. The Balaban J connectivity index is 1.17. The van der Waals surface area contributed by atoms with E-state index in [2.05, 4.69) is 24.1 Å². The zero-order valence-electron chi connectivity index (χ0n) is 23.5. The van der Waals surface area contributed by atoms with Gasteiger partial charge in [0.15, 0.2) is 15.0 Å². The second-order valence-electron chi connectivity index (χ2n) is 11.6. The molecule has 0 saturated heterocycles. The Kier molecular flexibility index (Phi) is 8.91. The highest BCUT2D eigenvalue weighted by molar-refractivity contribution is 7.91. The number of thiazole rings is 1. The Morgan fingerprint density at radius 2 is 1.71 bits per heavy atom. The minimum absolute atomic E-state index is 0.0919. The number of hydrogen-bond acceptors (Lipinski definition) is 7. The van der Waals surface area contributed by atoms with Gasteiger partial charge in [-0.2, -0.15) is 0 Å². The van der Waals surface area contributed by atoms with Crippen molar-refractivity contribution in [3.63, 3.8) is 0 Å². The van der Waals surface area contributed by atoms with E-state index in [1.165, 1.54) is 24.2 Å². The van der Waals surface area contributed by atoms with E-state index >= 15 is 0 Å². The molecule has 10 heteroatoms. The van der Waals surface area contributed by atoms with Crippen molar-refractivity contribution >= 4 is 38.2 Å². The highest BCUT2D eigenvalue weighted by atomic mass is 32.2. The molecule has 3 aromatic rings. The second-order valence-corrected chi connectivity index (χ2v) is 14.7. The maximum atomic E-state index is 12.8. The standard InChI is InChI=1S/C31H37N3O5S2/c1-20(2)29-28-26(19-34(29)18-23-7-11-24(12-8-23)30(36)37)40-31(33-28)32-27(35)17-22-9-13-25(14-10-22)41(38,39)16-15-21-5-3-4-6-21/h7-14,20-21,29H,3-6,15-19H2,1-2H3,(H,36,37)(H,32,33,35)/t29-/m0/s1.